The number of rotatable bonds is 4. The number of benzene rings is 1. The van der Waals surface area contributed by atoms with E-state index in [1.807, 2.05) is 0 Å². The third-order valence-corrected chi connectivity index (χ3v) is 4.20. The largest absolute Gasteiger partial charge is 0.382 e. The molecule has 6 heteroatoms. The molecule has 1 aromatic rings. The molecule has 0 bridgehead atoms. The fourth-order valence-corrected chi connectivity index (χ4v) is 2.78. The number of nitrogens with one attached hydrogen (secondary N) is 1. The molecule has 0 radical (unpaired) electrons. The van der Waals surface area contributed by atoms with Crippen LogP contribution in [0.15, 0.2) is 29.2 Å². The highest BCUT2D eigenvalue weighted by molar-refractivity contribution is 7.89. The first-order valence-electron chi connectivity index (χ1n) is 5.91. The zero-order chi connectivity index (χ0) is 13.2. The van der Waals surface area contributed by atoms with Gasteiger partial charge in [0.1, 0.15) is 0 Å². The molecule has 5 nitrogen and oxygen atoms in total. The first-order valence-corrected chi connectivity index (χ1v) is 7.46. The van der Waals surface area contributed by atoms with Crippen molar-refractivity contribution in [2.45, 2.75) is 36.3 Å². The van der Waals surface area contributed by atoms with Crippen molar-refractivity contribution in [2.24, 2.45) is 5.14 Å². The van der Waals surface area contributed by atoms with Crippen LogP contribution in [-0.2, 0) is 14.8 Å². The molecule has 1 fully saturated rings. The Balaban J connectivity index is 1.99. The average molecular weight is 270 g/mol. The van der Waals surface area contributed by atoms with Crippen molar-refractivity contribution in [1.29, 1.82) is 0 Å². The van der Waals surface area contributed by atoms with E-state index in [4.69, 9.17) is 9.88 Å². The topological polar surface area (TPSA) is 81.4 Å². The lowest BCUT2D eigenvalue weighted by Crippen LogP contribution is -2.17. The van der Waals surface area contributed by atoms with Gasteiger partial charge in [0.05, 0.1) is 11.0 Å². The van der Waals surface area contributed by atoms with Crippen LogP contribution in [0, 0.1) is 0 Å². The molecule has 0 aromatic heterocycles. The zero-order valence-electron chi connectivity index (χ0n) is 10.3. The van der Waals surface area contributed by atoms with Crippen molar-refractivity contribution in [1.82, 2.24) is 0 Å². The molecule has 0 saturated heterocycles. The molecule has 0 heterocycles. The zero-order valence-corrected chi connectivity index (χ0v) is 11.1. The van der Waals surface area contributed by atoms with Crippen molar-refractivity contribution in [3.8, 4) is 0 Å². The van der Waals surface area contributed by atoms with Gasteiger partial charge in [-0.15, -0.1) is 0 Å². The second-order valence-corrected chi connectivity index (χ2v) is 6.14. The molecule has 100 valence electrons. The second-order valence-electron chi connectivity index (χ2n) is 4.58. The van der Waals surface area contributed by atoms with E-state index in [1.165, 1.54) is 12.1 Å². The van der Waals surface area contributed by atoms with Crippen LogP contribution in [0.3, 0.4) is 0 Å². The quantitative estimate of drug-likeness (QED) is 0.864. The van der Waals surface area contributed by atoms with Gasteiger partial charge in [-0.1, -0.05) is 0 Å². The number of primary sulfonamides is 1. The summed E-state index contributed by atoms with van der Waals surface area (Å²) < 4.78 is 27.5. The fraction of sp³-hybridized carbons (Fsp3) is 0.500. The minimum atomic E-state index is -3.61. The summed E-state index contributed by atoms with van der Waals surface area (Å²) >= 11 is 0. The van der Waals surface area contributed by atoms with E-state index in [1.54, 1.807) is 19.2 Å². The van der Waals surface area contributed by atoms with Gasteiger partial charge in [-0.3, -0.25) is 0 Å². The fourth-order valence-electron chi connectivity index (χ4n) is 2.26. The maximum Gasteiger partial charge on any atom is 0.238 e. The summed E-state index contributed by atoms with van der Waals surface area (Å²) in [5.41, 5.74) is 0.907. The highest BCUT2D eigenvalue weighted by Gasteiger charge is 2.24. The maximum absolute atomic E-state index is 11.1. The summed E-state index contributed by atoms with van der Waals surface area (Å²) in [5, 5.41) is 8.41. The van der Waals surface area contributed by atoms with Crippen molar-refractivity contribution in [2.75, 3.05) is 12.4 Å². The van der Waals surface area contributed by atoms with Gasteiger partial charge in [-0.25, -0.2) is 13.6 Å². The molecule has 0 aliphatic heterocycles. The van der Waals surface area contributed by atoms with Gasteiger partial charge in [0, 0.05) is 18.8 Å². The lowest BCUT2D eigenvalue weighted by Gasteiger charge is -2.14. The van der Waals surface area contributed by atoms with Crippen LogP contribution in [0.5, 0.6) is 0 Å². The summed E-state index contributed by atoms with van der Waals surface area (Å²) in [5.74, 6) is 0. The van der Waals surface area contributed by atoms with Crippen LogP contribution in [0.4, 0.5) is 5.69 Å². The van der Waals surface area contributed by atoms with E-state index in [0.717, 1.165) is 24.9 Å². The Bertz CT molecular complexity index is 499. The van der Waals surface area contributed by atoms with Gasteiger partial charge in [-0.2, -0.15) is 0 Å². The number of hydrogen-bond acceptors (Lipinski definition) is 4. The lowest BCUT2D eigenvalue weighted by molar-refractivity contribution is 0.108. The standard InChI is InChI=1S/C12H18N2O3S/c1-17-11-5-2-10(8-11)14-9-3-6-12(7-4-9)18(13,15)16/h3-4,6-7,10-11,14H,2,5,8H2,1H3,(H2,13,15,16). The molecule has 2 atom stereocenters. The Morgan fingerprint density at radius 2 is 1.94 bits per heavy atom. The second kappa shape index (κ2) is 5.26. The van der Waals surface area contributed by atoms with Crippen LogP contribution in [0.2, 0.25) is 0 Å². The Kier molecular flexibility index (Phi) is 3.89. The summed E-state index contributed by atoms with van der Waals surface area (Å²) in [4.78, 5) is 0.134. The van der Waals surface area contributed by atoms with Crippen LogP contribution in [-0.4, -0.2) is 27.7 Å². The highest BCUT2D eigenvalue weighted by Crippen LogP contribution is 2.25. The van der Waals surface area contributed by atoms with E-state index < -0.39 is 10.0 Å². The first-order chi connectivity index (χ1) is 8.49. The van der Waals surface area contributed by atoms with Gasteiger partial charge < -0.3 is 10.1 Å². The van der Waals surface area contributed by atoms with Crippen molar-refractivity contribution < 1.29 is 13.2 Å². The molecular formula is C12H18N2O3S. The number of hydrogen-bond donors (Lipinski definition) is 2. The third kappa shape index (κ3) is 3.22. The third-order valence-electron chi connectivity index (χ3n) is 3.27. The molecule has 18 heavy (non-hydrogen) atoms. The lowest BCUT2D eigenvalue weighted by atomic mass is 10.2. The van der Waals surface area contributed by atoms with E-state index in [0.29, 0.717) is 12.1 Å². The number of sulfonamides is 1. The van der Waals surface area contributed by atoms with E-state index >= 15 is 0 Å². The van der Waals surface area contributed by atoms with Crippen LogP contribution >= 0.6 is 0 Å². The van der Waals surface area contributed by atoms with Gasteiger partial charge in [-0.05, 0) is 43.5 Å². The first kappa shape index (κ1) is 13.3. The SMILES string of the molecule is COC1CCC(Nc2ccc(S(N)(=O)=O)cc2)C1. The summed E-state index contributed by atoms with van der Waals surface area (Å²) in [6.45, 7) is 0. The van der Waals surface area contributed by atoms with E-state index in [-0.39, 0.29) is 4.90 Å². The molecule has 1 aliphatic rings. The number of nitrogens with two attached hydrogens (primary N) is 1. The van der Waals surface area contributed by atoms with Gasteiger partial charge in [0.2, 0.25) is 10.0 Å². The minimum absolute atomic E-state index is 0.134. The predicted molar refractivity (Wildman–Crippen MR) is 69.9 cm³/mol. The molecule has 1 aromatic carbocycles. The summed E-state index contributed by atoms with van der Waals surface area (Å²) in [7, 11) is -1.88. The highest BCUT2D eigenvalue weighted by atomic mass is 32.2. The Hall–Kier alpha value is -1.11. The number of anilines is 1. The molecule has 2 unspecified atom stereocenters. The summed E-state index contributed by atoms with van der Waals surface area (Å²) in [6.07, 6.45) is 3.43. The maximum atomic E-state index is 11.1. The molecule has 1 saturated carbocycles. The van der Waals surface area contributed by atoms with Gasteiger partial charge in [0.15, 0.2) is 0 Å². The molecule has 3 N–H and O–H groups in total. The van der Waals surface area contributed by atoms with E-state index in [9.17, 15) is 8.42 Å². The van der Waals surface area contributed by atoms with Crippen LogP contribution in [0.1, 0.15) is 19.3 Å². The average Bonchev–Trinajstić information content (AvgIpc) is 2.76. The van der Waals surface area contributed by atoms with E-state index in [2.05, 4.69) is 5.32 Å². The van der Waals surface area contributed by atoms with Crippen molar-refractivity contribution in [3.63, 3.8) is 0 Å². The normalized spacial score (nSPS) is 24.1. The Morgan fingerprint density at radius 1 is 1.28 bits per heavy atom. The molecule has 0 spiro atoms. The molecular weight excluding hydrogens is 252 g/mol. The van der Waals surface area contributed by atoms with Crippen molar-refractivity contribution in [3.05, 3.63) is 24.3 Å². The smallest absolute Gasteiger partial charge is 0.238 e. The summed E-state index contributed by atoms with van der Waals surface area (Å²) in [6, 6.07) is 6.89. The molecule has 2 rings (SSSR count). The van der Waals surface area contributed by atoms with Crippen LogP contribution < -0.4 is 10.5 Å². The Morgan fingerprint density at radius 3 is 2.44 bits per heavy atom. The number of ether oxygens (including phenoxy) is 1. The minimum Gasteiger partial charge on any atom is -0.382 e. The van der Waals surface area contributed by atoms with Crippen molar-refractivity contribution >= 4 is 15.7 Å². The number of methoxy groups -OCH3 is 1. The molecule has 0 amide bonds. The molecule has 1 aliphatic carbocycles. The van der Waals surface area contributed by atoms with Gasteiger partial charge >= 0.3 is 0 Å². The predicted octanol–water partition coefficient (Wildman–Crippen LogP) is 1.31. The monoisotopic (exact) mass is 270 g/mol. The van der Waals surface area contributed by atoms with Crippen LogP contribution in [0.25, 0.3) is 0 Å². The Labute approximate surface area is 107 Å². The van der Waals surface area contributed by atoms with Gasteiger partial charge in [0.25, 0.3) is 0 Å².